The van der Waals surface area contributed by atoms with Crippen molar-refractivity contribution in [2.45, 2.75) is 13.1 Å². The van der Waals surface area contributed by atoms with E-state index in [0.717, 1.165) is 13.1 Å². The van der Waals surface area contributed by atoms with Crippen LogP contribution in [0.25, 0.3) is 33.4 Å². The fraction of sp³-hybridized carbons (Fsp3) is 0.0556. The lowest BCUT2D eigenvalue weighted by Gasteiger charge is -2.07. The Bertz CT molecular complexity index is 1510. The zero-order chi connectivity index (χ0) is 25.6. The Balaban J connectivity index is 0.00000185. The smallest absolute Gasteiger partial charge is 0.173 e. The lowest BCUT2D eigenvalue weighted by atomic mass is 10.0. The molecule has 198 valence electrons. The van der Waals surface area contributed by atoms with Crippen LogP contribution in [0.5, 0.6) is 0 Å². The molecule has 6 aromatic rings. The first kappa shape index (κ1) is 29.1. The van der Waals surface area contributed by atoms with E-state index in [1.165, 1.54) is 44.5 Å². The van der Waals surface area contributed by atoms with Crippen molar-refractivity contribution in [2.24, 2.45) is 0 Å². The Kier molecular flexibility index (Phi) is 10.2. The molecule has 0 bridgehead atoms. The number of hydrogen-bond donors (Lipinski definition) is 0. The Labute approximate surface area is 257 Å². The maximum absolute atomic E-state index is 2.30. The molecule has 0 aliphatic rings. The van der Waals surface area contributed by atoms with Crippen molar-refractivity contribution in [2.75, 3.05) is 0 Å². The van der Waals surface area contributed by atoms with Gasteiger partial charge in [-0.15, -0.1) is 0 Å². The molecule has 0 fully saturated rings. The van der Waals surface area contributed by atoms with Gasteiger partial charge in [-0.1, -0.05) is 97.1 Å². The van der Waals surface area contributed by atoms with Crippen molar-refractivity contribution in [3.63, 3.8) is 0 Å². The highest BCUT2D eigenvalue weighted by Gasteiger charge is 2.09. The molecule has 0 radical (unpaired) electrons. The van der Waals surface area contributed by atoms with E-state index in [-0.39, 0.29) is 34.0 Å². The predicted octanol–water partition coefficient (Wildman–Crippen LogP) is 1.37. The molecule has 2 heterocycles. The quantitative estimate of drug-likeness (QED) is 0.231. The maximum Gasteiger partial charge on any atom is 0.173 e. The highest BCUT2D eigenvalue weighted by molar-refractivity contribution is 5.65. The summed E-state index contributed by atoms with van der Waals surface area (Å²) in [7, 11) is 0. The van der Waals surface area contributed by atoms with Crippen molar-refractivity contribution in [1.82, 2.24) is 0 Å². The van der Waals surface area contributed by atoms with Crippen LogP contribution in [0.4, 0.5) is 0 Å². The van der Waals surface area contributed by atoms with Gasteiger partial charge in [0.25, 0.3) is 0 Å². The van der Waals surface area contributed by atoms with Crippen LogP contribution in [0, 0.1) is 0 Å². The second kappa shape index (κ2) is 14.0. The fourth-order valence-electron chi connectivity index (χ4n) is 4.89. The summed E-state index contributed by atoms with van der Waals surface area (Å²) in [5.41, 5.74) is 10.0. The molecular weight excluding hydrogens is 620 g/mol. The van der Waals surface area contributed by atoms with Gasteiger partial charge in [0, 0.05) is 35.4 Å². The van der Waals surface area contributed by atoms with Crippen LogP contribution >= 0.6 is 0 Å². The zero-order valence-electron chi connectivity index (χ0n) is 22.1. The summed E-state index contributed by atoms with van der Waals surface area (Å²) >= 11 is 0. The molecule has 0 spiro atoms. The molecule has 0 saturated carbocycles. The molecule has 6 rings (SSSR count). The Morgan fingerprint density at radius 1 is 0.325 bits per heavy atom. The molecule has 0 aliphatic heterocycles. The van der Waals surface area contributed by atoms with Crippen LogP contribution in [0.2, 0.25) is 0 Å². The van der Waals surface area contributed by atoms with Crippen LogP contribution < -0.4 is 43.1 Å². The van der Waals surface area contributed by atoms with Crippen LogP contribution in [0.1, 0.15) is 11.1 Å². The second-order valence-corrected chi connectivity index (χ2v) is 9.65. The number of pyridine rings is 2. The van der Waals surface area contributed by atoms with E-state index in [2.05, 4.69) is 167 Å². The standard InChI is InChI=1S/C36H30N2.2BrH/c1-3-11-31(12-4-1)33-17-21-37(22-18-33)27-29-9-7-15-35(25-29)36-16-8-10-30(26-36)28-38-23-19-34(20-24-38)32-13-5-2-6-14-32;;/h1-26H,27-28H2;2*1H/q+2;;/p-2. The minimum atomic E-state index is 0. The van der Waals surface area contributed by atoms with E-state index in [1.54, 1.807) is 0 Å². The number of halogens is 2. The van der Waals surface area contributed by atoms with Gasteiger partial charge in [-0.25, -0.2) is 9.13 Å². The van der Waals surface area contributed by atoms with Crippen molar-refractivity contribution in [3.05, 3.63) is 169 Å². The normalized spacial score (nSPS) is 10.3. The molecule has 0 aliphatic carbocycles. The topological polar surface area (TPSA) is 7.76 Å². The van der Waals surface area contributed by atoms with Crippen molar-refractivity contribution < 1.29 is 43.1 Å². The molecule has 4 aromatic carbocycles. The Hall–Kier alpha value is -3.86. The van der Waals surface area contributed by atoms with Crippen molar-refractivity contribution in [3.8, 4) is 33.4 Å². The SMILES string of the molecule is [Br-].[Br-].c1ccc(-c2cc[n+](Cc3cccc(-c4cccc(C[n+]5ccc(-c6ccccc6)cc5)c4)c3)cc2)cc1. The van der Waals surface area contributed by atoms with Gasteiger partial charge >= 0.3 is 0 Å². The van der Waals surface area contributed by atoms with Gasteiger partial charge in [-0.2, -0.15) is 0 Å². The van der Waals surface area contributed by atoms with E-state index in [1.807, 2.05) is 0 Å². The molecule has 0 saturated heterocycles. The summed E-state index contributed by atoms with van der Waals surface area (Å²) in [6, 6.07) is 47.5. The van der Waals surface area contributed by atoms with E-state index in [9.17, 15) is 0 Å². The molecule has 0 amide bonds. The average Bonchev–Trinajstić information content (AvgIpc) is 2.99. The number of rotatable bonds is 7. The number of benzene rings is 4. The first-order valence-electron chi connectivity index (χ1n) is 13.1. The first-order chi connectivity index (χ1) is 18.8. The number of hydrogen-bond acceptors (Lipinski definition) is 0. The van der Waals surface area contributed by atoms with E-state index in [4.69, 9.17) is 0 Å². The molecule has 0 unspecified atom stereocenters. The lowest BCUT2D eigenvalue weighted by molar-refractivity contribution is -0.688. The summed E-state index contributed by atoms with van der Waals surface area (Å²) in [5.74, 6) is 0. The molecule has 2 aromatic heterocycles. The molecular formula is C36H30Br2N2. The predicted molar refractivity (Wildman–Crippen MR) is 154 cm³/mol. The minimum absolute atomic E-state index is 0. The highest BCUT2D eigenvalue weighted by atomic mass is 79.9. The Morgan fingerprint density at radius 3 is 1.02 bits per heavy atom. The number of nitrogens with zero attached hydrogens (tertiary/aromatic N) is 2. The third-order valence-electron chi connectivity index (χ3n) is 6.91. The molecule has 4 heteroatoms. The van der Waals surface area contributed by atoms with E-state index >= 15 is 0 Å². The molecule has 0 N–H and O–H groups in total. The average molecular weight is 650 g/mol. The summed E-state index contributed by atoms with van der Waals surface area (Å²) in [6.07, 6.45) is 8.65. The van der Waals surface area contributed by atoms with Crippen LogP contribution in [0.3, 0.4) is 0 Å². The second-order valence-electron chi connectivity index (χ2n) is 9.65. The van der Waals surface area contributed by atoms with Gasteiger partial charge in [0.05, 0.1) is 0 Å². The van der Waals surface area contributed by atoms with Crippen LogP contribution in [-0.4, -0.2) is 0 Å². The largest absolute Gasteiger partial charge is 1.00 e. The van der Waals surface area contributed by atoms with Crippen LogP contribution in [0.15, 0.2) is 158 Å². The van der Waals surface area contributed by atoms with Gasteiger partial charge in [0.2, 0.25) is 0 Å². The number of aromatic nitrogens is 2. The minimum Gasteiger partial charge on any atom is -1.00 e. The highest BCUT2D eigenvalue weighted by Crippen LogP contribution is 2.22. The van der Waals surface area contributed by atoms with Crippen molar-refractivity contribution >= 4 is 0 Å². The van der Waals surface area contributed by atoms with E-state index in [0.29, 0.717) is 0 Å². The monoisotopic (exact) mass is 648 g/mol. The zero-order valence-corrected chi connectivity index (χ0v) is 25.2. The van der Waals surface area contributed by atoms with E-state index < -0.39 is 0 Å². The van der Waals surface area contributed by atoms with Gasteiger partial charge in [0.1, 0.15) is 0 Å². The fourth-order valence-corrected chi connectivity index (χ4v) is 4.89. The van der Waals surface area contributed by atoms with Gasteiger partial charge in [-0.05, 0) is 45.5 Å². The van der Waals surface area contributed by atoms with Crippen molar-refractivity contribution in [1.29, 1.82) is 0 Å². The third-order valence-corrected chi connectivity index (χ3v) is 6.91. The molecule has 0 atom stereocenters. The lowest BCUT2D eigenvalue weighted by Crippen LogP contribution is -3.00. The first-order valence-corrected chi connectivity index (χ1v) is 13.1. The molecule has 2 nitrogen and oxygen atoms in total. The van der Waals surface area contributed by atoms with Gasteiger partial charge < -0.3 is 34.0 Å². The molecule has 40 heavy (non-hydrogen) atoms. The maximum atomic E-state index is 2.30. The van der Waals surface area contributed by atoms with Gasteiger partial charge in [-0.3, -0.25) is 0 Å². The van der Waals surface area contributed by atoms with Gasteiger partial charge in [0.15, 0.2) is 37.9 Å². The summed E-state index contributed by atoms with van der Waals surface area (Å²) in [6.45, 7) is 1.68. The summed E-state index contributed by atoms with van der Waals surface area (Å²) in [4.78, 5) is 0. The third kappa shape index (κ3) is 7.20. The summed E-state index contributed by atoms with van der Waals surface area (Å²) < 4.78 is 4.47. The summed E-state index contributed by atoms with van der Waals surface area (Å²) in [5, 5.41) is 0. The Morgan fingerprint density at radius 2 is 0.650 bits per heavy atom. The van der Waals surface area contributed by atoms with Crippen LogP contribution in [-0.2, 0) is 13.1 Å².